The monoisotopic (exact) mass is 717 g/mol. The van der Waals surface area contributed by atoms with Crippen LogP contribution in [0.25, 0.3) is 5.70 Å². The number of rotatable bonds is 6. The number of halogens is 2. The fourth-order valence-electron chi connectivity index (χ4n) is 4.98. The highest BCUT2D eigenvalue weighted by Crippen LogP contribution is 2.48. The van der Waals surface area contributed by atoms with E-state index in [1.807, 2.05) is 55.5 Å². The Hall–Kier alpha value is -2.66. The first-order valence-corrected chi connectivity index (χ1v) is 14.2. The van der Waals surface area contributed by atoms with Gasteiger partial charge < -0.3 is 14.8 Å². The zero-order valence-corrected chi connectivity index (χ0v) is 25.0. The number of fused-ring (bicyclic) bond motifs is 2. The average Bonchev–Trinajstić information content (AvgIpc) is 3.14. The summed E-state index contributed by atoms with van der Waals surface area (Å²) in [5.74, 6) is -0.253. The van der Waals surface area contributed by atoms with Gasteiger partial charge in [0.25, 0.3) is 0 Å². The quantitative estimate of drug-likeness (QED) is 0.222. The summed E-state index contributed by atoms with van der Waals surface area (Å²) in [5.41, 5.74) is 7.14. The molecule has 0 unspecified atom stereocenters. The van der Waals surface area contributed by atoms with Crippen LogP contribution in [-0.2, 0) is 16.1 Å². The number of Topliss-reactive ketones (excluding diaryl/α,β-unsaturated/α-hetero) is 1. The Labute approximate surface area is 243 Å². The fraction of sp³-hybridized carbons (Fsp3) is 0.200. The molecule has 0 bridgehead atoms. The average molecular weight is 717 g/mol. The Bertz CT molecular complexity index is 1480. The van der Waals surface area contributed by atoms with Crippen LogP contribution in [0.4, 0.5) is 0 Å². The van der Waals surface area contributed by atoms with Crippen LogP contribution in [0.1, 0.15) is 52.4 Å². The summed E-state index contributed by atoms with van der Waals surface area (Å²) in [6.45, 7) is 6.42. The van der Waals surface area contributed by atoms with E-state index in [0.29, 0.717) is 29.0 Å². The number of nitrogens with one attached hydrogen (secondary N) is 1. The number of aryl methyl sites for hydroxylation is 1. The zero-order valence-electron chi connectivity index (χ0n) is 20.7. The number of hydrogen-bond donors (Lipinski definition) is 1. The molecule has 1 aliphatic carbocycles. The highest BCUT2D eigenvalue weighted by molar-refractivity contribution is 14.1. The van der Waals surface area contributed by atoms with Gasteiger partial charge in [-0.25, -0.2) is 4.79 Å². The Morgan fingerprint density at radius 2 is 1.68 bits per heavy atom. The SMILES string of the molecule is CCOC(=O)C1=C(C)NC2=C(C(=O)c3ccccc32)[C@@H]1c1cc(I)c(OCc2cccc(C)c2)c(I)c1. The van der Waals surface area contributed by atoms with Crippen molar-refractivity contribution in [3.63, 3.8) is 0 Å². The number of hydrogen-bond acceptors (Lipinski definition) is 5. The van der Waals surface area contributed by atoms with Crippen molar-refractivity contribution in [2.75, 3.05) is 6.61 Å². The van der Waals surface area contributed by atoms with Crippen LogP contribution in [-0.4, -0.2) is 18.4 Å². The maximum atomic E-state index is 13.7. The third kappa shape index (κ3) is 4.83. The van der Waals surface area contributed by atoms with Gasteiger partial charge in [0, 0.05) is 28.3 Å². The molecule has 3 aromatic carbocycles. The highest BCUT2D eigenvalue weighted by atomic mass is 127. The number of carbonyl (C=O) groups excluding carboxylic acids is 2. The van der Waals surface area contributed by atoms with Gasteiger partial charge >= 0.3 is 5.97 Å². The van der Waals surface area contributed by atoms with E-state index in [4.69, 9.17) is 9.47 Å². The molecule has 0 aromatic heterocycles. The Morgan fingerprint density at radius 3 is 2.35 bits per heavy atom. The molecule has 0 saturated heterocycles. The van der Waals surface area contributed by atoms with Crippen LogP contribution >= 0.6 is 45.2 Å². The van der Waals surface area contributed by atoms with Crippen LogP contribution in [0.3, 0.4) is 0 Å². The Balaban J connectivity index is 1.58. The van der Waals surface area contributed by atoms with Crippen molar-refractivity contribution in [3.05, 3.63) is 112 Å². The molecule has 0 spiro atoms. The molecule has 3 aromatic rings. The van der Waals surface area contributed by atoms with E-state index in [0.717, 1.165) is 35.3 Å². The van der Waals surface area contributed by atoms with Crippen LogP contribution < -0.4 is 10.1 Å². The van der Waals surface area contributed by atoms with Gasteiger partial charge in [-0.05, 0) is 89.2 Å². The summed E-state index contributed by atoms with van der Waals surface area (Å²) in [7, 11) is 0. The molecular weight excluding hydrogens is 692 g/mol. The summed E-state index contributed by atoms with van der Waals surface area (Å²) in [6.07, 6.45) is 0. The van der Waals surface area contributed by atoms with Crippen molar-refractivity contribution in [2.24, 2.45) is 0 Å². The lowest BCUT2D eigenvalue weighted by Gasteiger charge is -2.29. The largest absolute Gasteiger partial charge is 0.487 e. The van der Waals surface area contributed by atoms with Crippen molar-refractivity contribution in [1.29, 1.82) is 0 Å². The second-order valence-corrected chi connectivity index (χ2v) is 11.4. The first-order valence-electron chi connectivity index (χ1n) is 12.0. The van der Waals surface area contributed by atoms with Gasteiger partial charge in [0.15, 0.2) is 5.78 Å². The van der Waals surface area contributed by atoms with E-state index in [-0.39, 0.29) is 12.4 Å². The van der Waals surface area contributed by atoms with Gasteiger partial charge in [-0.3, -0.25) is 4.79 Å². The van der Waals surface area contributed by atoms with E-state index >= 15 is 0 Å². The van der Waals surface area contributed by atoms with Crippen LogP contribution in [0.5, 0.6) is 5.75 Å². The van der Waals surface area contributed by atoms with Gasteiger partial charge in [0.05, 0.1) is 25.0 Å². The predicted molar refractivity (Wildman–Crippen MR) is 160 cm³/mol. The normalized spacial score (nSPS) is 16.4. The zero-order chi connectivity index (χ0) is 26.3. The maximum absolute atomic E-state index is 13.7. The number of dihydropyridines is 1. The first-order chi connectivity index (χ1) is 17.8. The molecule has 1 atom stereocenters. The highest BCUT2D eigenvalue weighted by Gasteiger charge is 2.43. The predicted octanol–water partition coefficient (Wildman–Crippen LogP) is 6.91. The van der Waals surface area contributed by atoms with Gasteiger partial charge in [-0.2, -0.15) is 0 Å². The van der Waals surface area contributed by atoms with Gasteiger partial charge in [0.2, 0.25) is 0 Å². The van der Waals surface area contributed by atoms with Gasteiger partial charge in [0.1, 0.15) is 12.4 Å². The molecule has 0 saturated carbocycles. The standard InChI is InChI=1S/C30H25I2NO4/c1-4-36-30(35)24-17(3)33-27-20-10-5-6-11-21(20)28(34)26(27)25(24)19-13-22(31)29(23(32)14-19)37-15-18-9-7-8-16(2)12-18/h5-14,25,33H,4,15H2,1-3H3/t25-/m1/s1. The lowest BCUT2D eigenvalue weighted by atomic mass is 9.80. The Kier molecular flexibility index (Phi) is 7.44. The lowest BCUT2D eigenvalue weighted by Crippen LogP contribution is -2.29. The van der Waals surface area contributed by atoms with E-state index in [2.05, 4.69) is 69.6 Å². The van der Waals surface area contributed by atoms with E-state index < -0.39 is 11.9 Å². The van der Waals surface area contributed by atoms with Crippen LogP contribution in [0.2, 0.25) is 0 Å². The molecule has 37 heavy (non-hydrogen) atoms. The molecule has 1 heterocycles. The third-order valence-electron chi connectivity index (χ3n) is 6.56. The topological polar surface area (TPSA) is 64.6 Å². The van der Waals surface area contributed by atoms with Gasteiger partial charge in [-0.15, -0.1) is 0 Å². The maximum Gasteiger partial charge on any atom is 0.336 e. The minimum Gasteiger partial charge on any atom is -0.487 e. The number of ether oxygens (including phenoxy) is 2. The van der Waals surface area contributed by atoms with Crippen molar-refractivity contribution in [1.82, 2.24) is 5.32 Å². The van der Waals surface area contributed by atoms with Crippen molar-refractivity contribution < 1.29 is 19.1 Å². The fourth-order valence-corrected chi connectivity index (χ4v) is 7.11. The summed E-state index contributed by atoms with van der Waals surface area (Å²) >= 11 is 4.54. The molecule has 1 N–H and O–H groups in total. The second kappa shape index (κ2) is 10.6. The molecule has 0 fully saturated rings. The molecule has 5 rings (SSSR count). The lowest BCUT2D eigenvalue weighted by molar-refractivity contribution is -0.138. The molecule has 0 amide bonds. The number of benzene rings is 3. The van der Waals surface area contributed by atoms with Crippen LogP contribution in [0, 0.1) is 14.1 Å². The molecule has 0 radical (unpaired) electrons. The summed E-state index contributed by atoms with van der Waals surface area (Å²) in [5, 5.41) is 3.35. The Morgan fingerprint density at radius 1 is 0.973 bits per heavy atom. The van der Waals surface area contributed by atoms with E-state index in [1.165, 1.54) is 5.56 Å². The minimum absolute atomic E-state index is 0.0674. The minimum atomic E-state index is -0.553. The smallest absolute Gasteiger partial charge is 0.336 e. The van der Waals surface area contributed by atoms with Gasteiger partial charge in [-0.1, -0.05) is 54.1 Å². The molecule has 5 nitrogen and oxygen atoms in total. The third-order valence-corrected chi connectivity index (χ3v) is 8.17. The first kappa shape index (κ1) is 26.0. The molecule has 7 heteroatoms. The molecule has 188 valence electrons. The summed E-state index contributed by atoms with van der Waals surface area (Å²) < 4.78 is 13.5. The van der Waals surface area contributed by atoms with Crippen molar-refractivity contribution in [2.45, 2.75) is 33.3 Å². The van der Waals surface area contributed by atoms with Crippen LogP contribution in [0.15, 0.2) is 77.5 Å². The summed E-state index contributed by atoms with van der Waals surface area (Å²) in [6, 6.07) is 19.8. The number of ketones is 1. The molecule has 2 aliphatic rings. The number of esters is 1. The van der Waals surface area contributed by atoms with E-state index in [1.54, 1.807) is 6.92 Å². The molecular formula is C30H25I2NO4. The van der Waals surface area contributed by atoms with Crippen molar-refractivity contribution in [3.8, 4) is 5.75 Å². The van der Waals surface area contributed by atoms with Crippen molar-refractivity contribution >= 4 is 62.6 Å². The second-order valence-electron chi connectivity index (χ2n) is 9.07. The summed E-state index contributed by atoms with van der Waals surface area (Å²) in [4.78, 5) is 26.9. The number of carbonyl (C=O) groups is 2. The number of allylic oxidation sites excluding steroid dienone is 2. The van der Waals surface area contributed by atoms with E-state index in [9.17, 15) is 9.59 Å². The molecule has 1 aliphatic heterocycles.